The Balaban J connectivity index is 0.872. The SMILES string of the molecule is C/C=C1\OCc2c(cc3n(c2=O)Cc2c-3nc3cc(F)c(C)c4c3c2[C@@H](NC(=O)COCNC(=O)CNC(=O)[C@@H](CC(=O)CNC(=O)CNC(=O)CCCCCNC(=O)CC(CC)OC)Cc2ccccc2)CC4)[C@@]1(O)CC. The third-order valence-corrected chi connectivity index (χ3v) is 14.8. The lowest BCUT2D eigenvalue weighted by Gasteiger charge is -2.36. The van der Waals surface area contributed by atoms with Crippen molar-refractivity contribution in [2.75, 3.05) is 46.6 Å². The largest absolute Gasteiger partial charge is 0.490 e. The number of hydrogen-bond donors (Lipinski definition) is 7. The Morgan fingerprint density at radius 1 is 0.897 bits per heavy atom. The van der Waals surface area contributed by atoms with Gasteiger partial charge in [-0.05, 0) is 93.2 Å². The summed E-state index contributed by atoms with van der Waals surface area (Å²) in [4.78, 5) is 109. The predicted molar refractivity (Wildman–Crippen MR) is 286 cm³/mol. The number of halogens is 1. The zero-order valence-corrected chi connectivity index (χ0v) is 45.0. The molecule has 0 saturated heterocycles. The van der Waals surface area contributed by atoms with E-state index in [4.69, 9.17) is 19.2 Å². The topological polar surface area (TPSA) is 274 Å². The highest BCUT2D eigenvalue weighted by atomic mass is 19.1. The Labute approximate surface area is 452 Å². The molecule has 418 valence electrons. The second kappa shape index (κ2) is 26.8. The number of aliphatic hydroxyl groups is 1. The van der Waals surface area contributed by atoms with E-state index in [-0.39, 0.29) is 82.1 Å². The molecule has 2 aromatic heterocycles. The van der Waals surface area contributed by atoms with E-state index >= 15 is 4.39 Å². The van der Waals surface area contributed by atoms with Crippen LogP contribution >= 0.6 is 0 Å². The maximum atomic E-state index is 15.4. The van der Waals surface area contributed by atoms with Crippen LogP contribution < -0.4 is 37.5 Å². The average molecular weight is 1080 g/mol. The van der Waals surface area contributed by atoms with E-state index in [0.717, 1.165) is 23.1 Å². The van der Waals surface area contributed by atoms with Crippen LogP contribution in [0.5, 0.6) is 0 Å². The van der Waals surface area contributed by atoms with E-state index in [2.05, 4.69) is 31.9 Å². The molecule has 0 spiro atoms. The van der Waals surface area contributed by atoms with Crippen LogP contribution in [0.25, 0.3) is 22.3 Å². The van der Waals surface area contributed by atoms with E-state index in [1.807, 2.05) is 13.0 Å². The molecular formula is C57H71FN8O12. The number of nitrogens with zero attached hydrogens (tertiary/aromatic N) is 2. The second-order valence-electron chi connectivity index (χ2n) is 20.0. The van der Waals surface area contributed by atoms with Gasteiger partial charge in [0.2, 0.25) is 35.4 Å². The zero-order valence-electron chi connectivity index (χ0n) is 45.0. The Morgan fingerprint density at radius 3 is 2.37 bits per heavy atom. The first kappa shape index (κ1) is 58.3. The molecule has 21 heteroatoms. The molecule has 2 aromatic carbocycles. The Morgan fingerprint density at radius 2 is 1.64 bits per heavy atom. The molecule has 1 aliphatic carbocycles. The molecule has 1 unspecified atom stereocenters. The zero-order chi connectivity index (χ0) is 56.1. The minimum absolute atomic E-state index is 0.0186. The van der Waals surface area contributed by atoms with Gasteiger partial charge >= 0.3 is 0 Å². The number of carbonyl (C=O) groups is 7. The van der Waals surface area contributed by atoms with Gasteiger partial charge in [0, 0.05) is 55.0 Å². The van der Waals surface area contributed by atoms with Gasteiger partial charge in [-0.1, -0.05) is 50.6 Å². The first-order chi connectivity index (χ1) is 37.5. The standard InChI is InChI=1S/C57H71FN8O12/c1-6-37(76-5)23-48(69)59-20-14-10-13-17-47(68)61-27-49(70)60-26-36(67)22-35(21-34-15-11-9-12-16-34)55(73)62-28-50(71)63-32-77-31-51(72)64-43-19-18-38-33(4)42(58)25-44-52(38)53(43)39-29-66-45(54(39)65-44)24-41-40(56(66)74)30-78-46(7-2)57(41,75)8-3/h7,9,11-12,15-16,24-25,35,37,43,75H,6,8,10,13-14,17-23,26-32H2,1-5H3,(H,59,69)(H,60,70)(H,61,68)(H,62,73)(H,63,71)(H,64,72)/b46-7-/t35-,37?,43+,57+/m1/s1. The van der Waals surface area contributed by atoms with E-state index < -0.39 is 65.9 Å². The number of rotatable bonds is 27. The number of unbranched alkanes of at least 4 members (excludes halogenated alkanes) is 2. The van der Waals surface area contributed by atoms with Crippen molar-refractivity contribution in [2.45, 2.75) is 129 Å². The van der Waals surface area contributed by atoms with Crippen molar-refractivity contribution in [1.82, 2.24) is 41.5 Å². The molecule has 4 atom stereocenters. The molecule has 4 aromatic rings. The minimum Gasteiger partial charge on any atom is -0.490 e. The summed E-state index contributed by atoms with van der Waals surface area (Å²) in [6.45, 7) is 5.80. The Bertz CT molecular complexity index is 3010. The summed E-state index contributed by atoms with van der Waals surface area (Å²) >= 11 is 0. The summed E-state index contributed by atoms with van der Waals surface area (Å²) in [5, 5.41) is 28.5. The first-order valence-electron chi connectivity index (χ1n) is 26.7. The molecule has 78 heavy (non-hydrogen) atoms. The molecule has 0 bridgehead atoms. The number of hydrogen-bond acceptors (Lipinski definition) is 13. The fourth-order valence-electron chi connectivity index (χ4n) is 10.5. The van der Waals surface area contributed by atoms with E-state index in [1.54, 1.807) is 68.9 Å². The van der Waals surface area contributed by atoms with Crippen molar-refractivity contribution in [2.24, 2.45) is 5.92 Å². The molecule has 2 aliphatic heterocycles. The van der Waals surface area contributed by atoms with Gasteiger partial charge in [0.15, 0.2) is 5.78 Å². The lowest BCUT2D eigenvalue weighted by atomic mass is 9.81. The summed E-state index contributed by atoms with van der Waals surface area (Å²) in [6.07, 6.45) is 5.75. The summed E-state index contributed by atoms with van der Waals surface area (Å²) in [6, 6.07) is 11.6. The number of methoxy groups -OCH3 is 1. The smallest absolute Gasteiger partial charge is 0.258 e. The van der Waals surface area contributed by atoms with Crippen LogP contribution in [0.1, 0.15) is 124 Å². The van der Waals surface area contributed by atoms with Gasteiger partial charge in [-0.2, -0.15) is 0 Å². The maximum absolute atomic E-state index is 15.4. The molecule has 7 N–H and O–H groups in total. The molecule has 6 amide bonds. The summed E-state index contributed by atoms with van der Waals surface area (Å²) in [7, 11) is 1.57. The van der Waals surface area contributed by atoms with Crippen LogP contribution in [0.15, 0.2) is 59.1 Å². The number of aromatic nitrogens is 2. The Kier molecular flexibility index (Phi) is 20.0. The molecule has 3 aliphatic rings. The quantitative estimate of drug-likeness (QED) is 0.0292. The van der Waals surface area contributed by atoms with E-state index in [9.17, 15) is 43.5 Å². The number of Topliss-reactive ketones (excluding diaryl/α,β-unsaturated/α-hetero) is 1. The van der Waals surface area contributed by atoms with Gasteiger partial charge in [-0.15, -0.1) is 0 Å². The maximum Gasteiger partial charge on any atom is 0.258 e. The third-order valence-electron chi connectivity index (χ3n) is 14.8. The molecule has 4 heterocycles. The number of carbonyl (C=O) groups excluding carboxylic acids is 7. The molecule has 0 radical (unpaired) electrons. The van der Waals surface area contributed by atoms with Crippen molar-refractivity contribution in [3.63, 3.8) is 0 Å². The monoisotopic (exact) mass is 1080 g/mol. The minimum atomic E-state index is -1.54. The highest BCUT2D eigenvalue weighted by molar-refractivity contribution is 5.94. The number of allylic oxidation sites excluding steroid dienone is 1. The van der Waals surface area contributed by atoms with Crippen LogP contribution in [0.4, 0.5) is 4.39 Å². The van der Waals surface area contributed by atoms with Crippen LogP contribution in [0.3, 0.4) is 0 Å². The number of benzene rings is 2. The number of amides is 6. The van der Waals surface area contributed by atoms with Gasteiger partial charge in [-0.25, -0.2) is 9.37 Å². The first-order valence-corrected chi connectivity index (χ1v) is 26.7. The number of nitrogens with one attached hydrogen (secondary N) is 6. The van der Waals surface area contributed by atoms with Crippen LogP contribution in [0, 0.1) is 18.7 Å². The predicted octanol–water partition coefficient (Wildman–Crippen LogP) is 3.76. The highest BCUT2D eigenvalue weighted by Gasteiger charge is 2.43. The number of fused-ring (bicyclic) bond motifs is 5. The lowest BCUT2D eigenvalue weighted by molar-refractivity contribution is -0.132. The fourth-order valence-corrected chi connectivity index (χ4v) is 10.5. The van der Waals surface area contributed by atoms with E-state index in [0.29, 0.717) is 95.4 Å². The van der Waals surface area contributed by atoms with Crippen LogP contribution in [-0.2, 0) is 79.4 Å². The summed E-state index contributed by atoms with van der Waals surface area (Å²) in [5.41, 5.74) is 3.62. The number of ether oxygens (including phenoxy) is 3. The van der Waals surface area contributed by atoms with Gasteiger partial charge in [0.05, 0.1) is 67.2 Å². The van der Waals surface area contributed by atoms with Crippen molar-refractivity contribution in [3.05, 3.63) is 109 Å². The lowest BCUT2D eigenvalue weighted by Crippen LogP contribution is -2.43. The number of pyridine rings is 2. The van der Waals surface area contributed by atoms with Crippen LogP contribution in [-0.4, -0.2) is 109 Å². The van der Waals surface area contributed by atoms with Gasteiger partial charge in [0.1, 0.15) is 37.1 Å². The van der Waals surface area contributed by atoms with E-state index in [1.165, 1.54) is 6.07 Å². The van der Waals surface area contributed by atoms with Gasteiger partial charge in [-0.3, -0.25) is 38.4 Å². The van der Waals surface area contributed by atoms with Gasteiger partial charge < -0.3 is 55.8 Å². The number of aryl methyl sites for hydroxylation is 1. The molecule has 0 fully saturated rings. The summed E-state index contributed by atoms with van der Waals surface area (Å²) in [5.74, 6) is -4.11. The number of ketones is 1. The second-order valence-corrected chi connectivity index (χ2v) is 20.0. The Hall–Kier alpha value is -7.36. The fraction of sp³-hybridized carbons (Fsp3) is 0.491. The van der Waals surface area contributed by atoms with Crippen molar-refractivity contribution in [3.8, 4) is 11.4 Å². The third kappa shape index (κ3) is 13.8. The van der Waals surface area contributed by atoms with Crippen molar-refractivity contribution >= 4 is 52.1 Å². The molecule has 7 rings (SSSR count). The van der Waals surface area contributed by atoms with Crippen molar-refractivity contribution < 1.29 is 57.3 Å². The summed E-state index contributed by atoms with van der Waals surface area (Å²) < 4.78 is 33.7. The highest BCUT2D eigenvalue weighted by Crippen LogP contribution is 2.47. The normalized spacial score (nSPS) is 17.2. The average Bonchev–Trinajstić information content (AvgIpc) is 3.80. The molecule has 20 nitrogen and oxygen atoms in total. The van der Waals surface area contributed by atoms with Crippen LogP contribution in [0.2, 0.25) is 0 Å². The van der Waals surface area contributed by atoms with Gasteiger partial charge in [0.25, 0.3) is 5.56 Å². The molecular weight excluding hydrogens is 1010 g/mol. The molecule has 0 saturated carbocycles. The van der Waals surface area contributed by atoms with Crippen molar-refractivity contribution in [1.29, 1.82) is 0 Å².